The number of carboxylic acid groups (broad SMARTS) is 1. The lowest BCUT2D eigenvalue weighted by atomic mass is 9.68. The van der Waals surface area contributed by atoms with Crippen molar-refractivity contribution in [2.24, 2.45) is 17.3 Å². The largest absolute Gasteiger partial charge is 0.481 e. The highest BCUT2D eigenvalue weighted by Crippen LogP contribution is 2.62. The molecule has 3 rings (SSSR count). The van der Waals surface area contributed by atoms with Gasteiger partial charge in [-0.05, 0) is 18.8 Å². The van der Waals surface area contributed by atoms with Crippen LogP contribution in [-0.2, 0) is 14.3 Å². The summed E-state index contributed by atoms with van der Waals surface area (Å²) in [5.41, 5.74) is -0.799. The molecule has 5 atom stereocenters. The summed E-state index contributed by atoms with van der Waals surface area (Å²) >= 11 is 2.30. The van der Waals surface area contributed by atoms with Gasteiger partial charge in [-0.2, -0.15) is 0 Å². The zero-order valence-electron chi connectivity index (χ0n) is 7.98. The molecule has 1 heterocycles. The van der Waals surface area contributed by atoms with Crippen LogP contribution in [0.25, 0.3) is 0 Å². The number of aliphatic carboxylic acids is 1. The van der Waals surface area contributed by atoms with E-state index in [0.717, 1.165) is 6.42 Å². The molecule has 0 aromatic heterocycles. The second-order valence-electron chi connectivity index (χ2n) is 4.84. The van der Waals surface area contributed by atoms with Gasteiger partial charge in [-0.25, -0.2) is 0 Å². The molecule has 2 aliphatic carbocycles. The third kappa shape index (κ3) is 1.07. The summed E-state index contributed by atoms with van der Waals surface area (Å²) in [7, 11) is 0. The Kier molecular flexibility index (Phi) is 1.88. The number of hydrogen-bond acceptors (Lipinski definition) is 3. The monoisotopic (exact) mass is 322 g/mol. The maximum Gasteiger partial charge on any atom is 0.310 e. The van der Waals surface area contributed by atoms with E-state index in [9.17, 15) is 14.7 Å². The fraction of sp³-hybridized carbons (Fsp3) is 0.800. The quantitative estimate of drug-likeness (QED) is 0.448. The van der Waals surface area contributed by atoms with E-state index in [2.05, 4.69) is 22.6 Å². The van der Waals surface area contributed by atoms with E-state index in [-0.39, 0.29) is 24.4 Å². The molecule has 3 aliphatic rings. The second kappa shape index (κ2) is 2.87. The van der Waals surface area contributed by atoms with E-state index in [0.29, 0.717) is 16.3 Å². The average molecular weight is 322 g/mol. The first-order chi connectivity index (χ1) is 7.04. The van der Waals surface area contributed by atoms with Crippen LogP contribution in [0.3, 0.4) is 0 Å². The van der Waals surface area contributed by atoms with Crippen molar-refractivity contribution in [3.63, 3.8) is 0 Å². The summed E-state index contributed by atoms with van der Waals surface area (Å²) in [4.78, 5) is 22.8. The Labute approximate surface area is 100 Å². The van der Waals surface area contributed by atoms with Gasteiger partial charge in [0.15, 0.2) is 0 Å². The number of carboxylic acids is 1. The molecule has 0 unspecified atom stereocenters. The number of fused-ring (bicyclic) bond motifs is 1. The molecule has 82 valence electrons. The second-order valence-corrected chi connectivity index (χ2v) is 6.28. The molecule has 15 heavy (non-hydrogen) atoms. The van der Waals surface area contributed by atoms with E-state index < -0.39 is 11.4 Å². The smallest absolute Gasteiger partial charge is 0.310 e. The standard InChI is InChI=1S/C10H11IO4/c11-7-4-1-5-8(7)15-6(12)3-10(5,2-4)9(13)14/h4-5,7-8H,1-3H2,(H,13,14)/t4-,5-,7+,8-,10+/m0/s1. The first-order valence-electron chi connectivity index (χ1n) is 5.11. The van der Waals surface area contributed by atoms with Crippen molar-refractivity contribution in [1.82, 2.24) is 0 Å². The minimum Gasteiger partial charge on any atom is -0.481 e. The van der Waals surface area contributed by atoms with Crippen LogP contribution in [0.15, 0.2) is 0 Å². The lowest BCUT2D eigenvalue weighted by Gasteiger charge is -2.43. The number of ether oxygens (including phenoxy) is 1. The molecule has 2 bridgehead atoms. The molecule has 1 aliphatic heterocycles. The van der Waals surface area contributed by atoms with Gasteiger partial charge in [0.05, 0.1) is 15.8 Å². The number of carbonyl (C=O) groups excluding carboxylic acids is 1. The zero-order valence-corrected chi connectivity index (χ0v) is 10.1. The Hall–Kier alpha value is -0.330. The lowest BCUT2D eigenvalue weighted by Crippen LogP contribution is -2.53. The van der Waals surface area contributed by atoms with Crippen molar-refractivity contribution in [3.8, 4) is 0 Å². The minimum atomic E-state index is -0.806. The molecule has 0 aromatic carbocycles. The molecule has 4 nitrogen and oxygen atoms in total. The maximum absolute atomic E-state index is 11.4. The van der Waals surface area contributed by atoms with Crippen LogP contribution < -0.4 is 0 Å². The number of carbonyl (C=O) groups is 2. The van der Waals surface area contributed by atoms with Crippen LogP contribution in [0.2, 0.25) is 0 Å². The van der Waals surface area contributed by atoms with Gasteiger partial charge in [0.25, 0.3) is 0 Å². The van der Waals surface area contributed by atoms with Gasteiger partial charge < -0.3 is 9.84 Å². The summed E-state index contributed by atoms with van der Waals surface area (Å²) in [6, 6.07) is 0. The highest BCUT2D eigenvalue weighted by molar-refractivity contribution is 14.1. The predicted octanol–water partition coefficient (Wildman–Crippen LogP) is 1.22. The van der Waals surface area contributed by atoms with Crippen molar-refractivity contribution in [2.75, 3.05) is 0 Å². The van der Waals surface area contributed by atoms with Gasteiger partial charge in [0, 0.05) is 5.92 Å². The Morgan fingerprint density at radius 1 is 1.60 bits per heavy atom. The van der Waals surface area contributed by atoms with Crippen molar-refractivity contribution < 1.29 is 19.4 Å². The maximum atomic E-state index is 11.4. The molecule has 0 radical (unpaired) electrons. The third-order valence-electron chi connectivity index (χ3n) is 4.21. The van der Waals surface area contributed by atoms with E-state index >= 15 is 0 Å². The normalized spacial score (nSPS) is 51.7. The van der Waals surface area contributed by atoms with E-state index in [4.69, 9.17) is 4.74 Å². The first-order valence-corrected chi connectivity index (χ1v) is 6.36. The molecule has 1 saturated heterocycles. The Balaban J connectivity index is 2.04. The highest BCUT2D eigenvalue weighted by Gasteiger charge is 2.67. The minimum absolute atomic E-state index is 0.0552. The fourth-order valence-corrected chi connectivity index (χ4v) is 4.75. The number of rotatable bonds is 1. The fourth-order valence-electron chi connectivity index (χ4n) is 3.56. The van der Waals surface area contributed by atoms with Crippen molar-refractivity contribution >= 4 is 34.5 Å². The Morgan fingerprint density at radius 3 is 2.93 bits per heavy atom. The molecular weight excluding hydrogens is 311 g/mol. The van der Waals surface area contributed by atoms with Crippen LogP contribution in [0.4, 0.5) is 0 Å². The Bertz CT molecular complexity index is 355. The van der Waals surface area contributed by atoms with Crippen LogP contribution in [0.5, 0.6) is 0 Å². The number of hydrogen-bond donors (Lipinski definition) is 1. The van der Waals surface area contributed by atoms with E-state index in [1.165, 1.54) is 0 Å². The SMILES string of the molecule is O=C1C[C@]2(C(=O)O)C[C@@H]3C[C@H]2[C@H](O1)[C@@H]3I. The molecular formula is C10H11IO4. The van der Waals surface area contributed by atoms with E-state index in [1.54, 1.807) is 0 Å². The van der Waals surface area contributed by atoms with Gasteiger partial charge in [-0.3, -0.25) is 9.59 Å². The first kappa shape index (κ1) is 9.86. The van der Waals surface area contributed by atoms with Gasteiger partial charge in [-0.15, -0.1) is 0 Å². The lowest BCUT2D eigenvalue weighted by molar-refractivity contribution is -0.182. The van der Waals surface area contributed by atoms with Crippen LogP contribution in [0.1, 0.15) is 19.3 Å². The summed E-state index contributed by atoms with van der Waals surface area (Å²) in [6.07, 6.45) is 1.50. The molecule has 5 heteroatoms. The molecule has 1 N–H and O–H groups in total. The van der Waals surface area contributed by atoms with Gasteiger partial charge in [0.2, 0.25) is 0 Å². The zero-order chi connectivity index (χ0) is 10.8. The van der Waals surface area contributed by atoms with Crippen LogP contribution in [-0.4, -0.2) is 27.1 Å². The molecule has 3 fully saturated rings. The number of alkyl halides is 1. The predicted molar refractivity (Wildman–Crippen MR) is 58.6 cm³/mol. The third-order valence-corrected chi connectivity index (χ3v) is 5.93. The molecule has 0 amide bonds. The topological polar surface area (TPSA) is 63.6 Å². The van der Waals surface area contributed by atoms with Crippen molar-refractivity contribution in [3.05, 3.63) is 0 Å². The summed E-state index contributed by atoms with van der Waals surface area (Å²) in [5, 5.41) is 9.33. The summed E-state index contributed by atoms with van der Waals surface area (Å²) in [6.45, 7) is 0. The van der Waals surface area contributed by atoms with Crippen molar-refractivity contribution in [1.29, 1.82) is 0 Å². The average Bonchev–Trinajstić information content (AvgIpc) is 2.66. The number of halogens is 1. The van der Waals surface area contributed by atoms with Crippen LogP contribution in [0, 0.1) is 17.3 Å². The summed E-state index contributed by atoms with van der Waals surface area (Å²) in [5.74, 6) is -0.662. The molecule has 0 spiro atoms. The summed E-state index contributed by atoms with van der Waals surface area (Å²) < 4.78 is 5.60. The molecule has 2 saturated carbocycles. The molecule has 0 aromatic rings. The van der Waals surface area contributed by atoms with Gasteiger partial charge in [0.1, 0.15) is 6.10 Å². The Morgan fingerprint density at radius 2 is 2.33 bits per heavy atom. The van der Waals surface area contributed by atoms with Gasteiger partial charge in [-0.1, -0.05) is 22.6 Å². The highest BCUT2D eigenvalue weighted by atomic mass is 127. The van der Waals surface area contributed by atoms with Crippen molar-refractivity contribution in [2.45, 2.75) is 29.3 Å². The van der Waals surface area contributed by atoms with Gasteiger partial charge >= 0.3 is 11.9 Å². The van der Waals surface area contributed by atoms with Crippen LogP contribution >= 0.6 is 22.6 Å². The number of esters is 1. The van der Waals surface area contributed by atoms with E-state index in [1.807, 2.05) is 0 Å².